The number of fused-ring (bicyclic) bond motifs is 4. The number of rotatable bonds is 4. The second-order valence-corrected chi connectivity index (χ2v) is 13.3. The van der Waals surface area contributed by atoms with Gasteiger partial charge in [0.05, 0.1) is 12.1 Å². The largest absolute Gasteiger partial charge is 0.443 e. The van der Waals surface area contributed by atoms with Crippen molar-refractivity contribution >= 4 is 47.4 Å². The Morgan fingerprint density at radius 1 is 1.06 bits per heavy atom. The van der Waals surface area contributed by atoms with Crippen molar-refractivity contribution in [2.75, 3.05) is 19.6 Å². The van der Waals surface area contributed by atoms with Gasteiger partial charge in [-0.15, -0.1) is 23.7 Å². The number of oxazole rings is 1. The minimum atomic E-state index is -0.611. The second-order valence-electron chi connectivity index (χ2n) is 12.4. The van der Waals surface area contributed by atoms with Gasteiger partial charge >= 0.3 is 0 Å². The SMILES string of the molecule is Cc1oc2nc1C(=O)N[C@@H](C(C)C)c1nc(cs1)C(=O)NCCN(C(=O)[C@@H]1CC[C@H](C)N1)CCCC(=O)N[C@H]2Cc1ccccc1.Cl. The molecule has 0 saturated carbocycles. The molecule has 47 heavy (non-hydrogen) atoms. The highest BCUT2D eigenvalue weighted by Gasteiger charge is 2.31. The van der Waals surface area contributed by atoms with Crippen molar-refractivity contribution in [1.82, 2.24) is 36.1 Å². The molecule has 1 saturated heterocycles. The van der Waals surface area contributed by atoms with Crippen LogP contribution in [0, 0.1) is 12.8 Å². The standard InChI is InChI=1S/C33H43N7O5S.ClH/c1-19(2)27-32-37-25(18-46-32)29(42)34-14-16-40(33(44)23-13-12-20(3)35-23)15-8-11-26(41)36-24(17-22-9-6-5-7-10-22)31-39-28(21(4)45-31)30(43)38-27;/h5-7,9-10,18-20,23-24,27,35H,8,11-17H2,1-4H3,(H,34,42)(H,36,41)(H,38,43);1H/t20-,23-,24-,27-;/m0./s1. The van der Waals surface area contributed by atoms with Crippen molar-refractivity contribution in [1.29, 1.82) is 0 Å². The molecule has 2 aliphatic rings. The Balaban J connectivity index is 0.00000500. The van der Waals surface area contributed by atoms with Crippen molar-refractivity contribution in [2.24, 2.45) is 5.92 Å². The smallest absolute Gasteiger partial charge is 0.274 e. The average Bonchev–Trinajstić information content (AvgIpc) is 3.78. The van der Waals surface area contributed by atoms with E-state index in [9.17, 15) is 19.2 Å². The van der Waals surface area contributed by atoms with E-state index in [1.807, 2.05) is 44.2 Å². The minimum absolute atomic E-state index is 0. The molecule has 1 fully saturated rings. The molecule has 2 aromatic heterocycles. The van der Waals surface area contributed by atoms with E-state index in [-0.39, 0.29) is 78.4 Å². The zero-order valence-corrected chi connectivity index (χ0v) is 28.8. The van der Waals surface area contributed by atoms with Gasteiger partial charge in [0.1, 0.15) is 22.5 Å². The number of nitrogens with zero attached hydrogens (tertiary/aromatic N) is 3. The monoisotopic (exact) mass is 685 g/mol. The quantitative estimate of drug-likeness (QED) is 0.322. The van der Waals surface area contributed by atoms with E-state index >= 15 is 0 Å². The number of amides is 4. The molecule has 12 nitrogen and oxygen atoms in total. The molecule has 4 bridgehead atoms. The Labute approximate surface area is 285 Å². The number of carbonyl (C=O) groups excluding carboxylic acids is 4. The van der Waals surface area contributed by atoms with E-state index in [1.54, 1.807) is 17.2 Å². The molecule has 4 atom stereocenters. The van der Waals surface area contributed by atoms with Crippen LogP contribution in [0.3, 0.4) is 0 Å². The summed E-state index contributed by atoms with van der Waals surface area (Å²) in [6, 6.07) is 8.58. The fourth-order valence-electron chi connectivity index (χ4n) is 5.85. The Bertz CT molecular complexity index is 1540. The van der Waals surface area contributed by atoms with Crippen LogP contribution in [0.15, 0.2) is 40.1 Å². The molecule has 1 aromatic carbocycles. The van der Waals surface area contributed by atoms with Gasteiger partial charge < -0.3 is 30.6 Å². The lowest BCUT2D eigenvalue weighted by atomic mass is 10.0. The van der Waals surface area contributed by atoms with Crippen molar-refractivity contribution in [3.05, 3.63) is 69.3 Å². The lowest BCUT2D eigenvalue weighted by molar-refractivity contribution is -0.133. The Morgan fingerprint density at radius 2 is 1.83 bits per heavy atom. The number of thiazole rings is 1. The summed E-state index contributed by atoms with van der Waals surface area (Å²) in [5, 5.41) is 14.6. The first-order chi connectivity index (χ1) is 22.1. The first-order valence-electron chi connectivity index (χ1n) is 16.0. The van der Waals surface area contributed by atoms with Crippen LogP contribution in [-0.4, -0.2) is 70.2 Å². The van der Waals surface area contributed by atoms with Crippen LogP contribution in [0.25, 0.3) is 0 Å². The average molecular weight is 686 g/mol. The van der Waals surface area contributed by atoms with Gasteiger partial charge in [-0.25, -0.2) is 9.97 Å². The van der Waals surface area contributed by atoms with Gasteiger partial charge in [0.2, 0.25) is 17.7 Å². The third-order valence-corrected chi connectivity index (χ3v) is 9.33. The number of aromatic nitrogens is 2. The third-order valence-electron chi connectivity index (χ3n) is 8.40. The van der Waals surface area contributed by atoms with Crippen LogP contribution < -0.4 is 21.3 Å². The highest BCUT2D eigenvalue weighted by molar-refractivity contribution is 7.09. The molecule has 3 aromatic rings. The molecule has 0 spiro atoms. The minimum Gasteiger partial charge on any atom is -0.443 e. The van der Waals surface area contributed by atoms with Crippen LogP contribution >= 0.6 is 23.7 Å². The highest BCUT2D eigenvalue weighted by Crippen LogP contribution is 2.27. The molecule has 4 N–H and O–H groups in total. The summed E-state index contributed by atoms with van der Waals surface area (Å²) in [7, 11) is 0. The molecule has 0 unspecified atom stereocenters. The van der Waals surface area contributed by atoms with Crippen LogP contribution in [-0.2, 0) is 16.0 Å². The van der Waals surface area contributed by atoms with E-state index < -0.39 is 18.0 Å². The summed E-state index contributed by atoms with van der Waals surface area (Å²) in [4.78, 5) is 64.1. The van der Waals surface area contributed by atoms with Crippen LogP contribution in [0.4, 0.5) is 0 Å². The highest BCUT2D eigenvalue weighted by atomic mass is 35.5. The number of benzene rings is 1. The maximum Gasteiger partial charge on any atom is 0.274 e. The number of hydrogen-bond acceptors (Lipinski definition) is 9. The summed E-state index contributed by atoms with van der Waals surface area (Å²) >= 11 is 1.30. The summed E-state index contributed by atoms with van der Waals surface area (Å²) < 4.78 is 6.01. The summed E-state index contributed by atoms with van der Waals surface area (Å²) in [5.41, 5.74) is 1.35. The maximum absolute atomic E-state index is 13.5. The van der Waals surface area contributed by atoms with E-state index in [1.165, 1.54) is 11.3 Å². The number of nitrogens with one attached hydrogen (secondary N) is 4. The topological polar surface area (TPSA) is 159 Å². The van der Waals surface area contributed by atoms with Gasteiger partial charge in [-0.05, 0) is 44.6 Å². The van der Waals surface area contributed by atoms with Gasteiger partial charge in [-0.1, -0.05) is 44.2 Å². The molecule has 2 aliphatic heterocycles. The van der Waals surface area contributed by atoms with E-state index in [2.05, 4.69) is 38.2 Å². The first kappa shape index (κ1) is 36.0. The van der Waals surface area contributed by atoms with Gasteiger partial charge in [0, 0.05) is 43.9 Å². The zero-order valence-electron chi connectivity index (χ0n) is 27.2. The van der Waals surface area contributed by atoms with Crippen LogP contribution in [0.2, 0.25) is 0 Å². The molecule has 14 heteroatoms. The first-order valence-corrected chi connectivity index (χ1v) is 16.9. The number of aryl methyl sites for hydroxylation is 1. The van der Waals surface area contributed by atoms with E-state index in [0.29, 0.717) is 36.7 Å². The predicted octanol–water partition coefficient (Wildman–Crippen LogP) is 3.88. The van der Waals surface area contributed by atoms with Gasteiger partial charge in [0.15, 0.2) is 5.69 Å². The molecule has 254 valence electrons. The molecule has 5 rings (SSSR count). The summed E-state index contributed by atoms with van der Waals surface area (Å²) in [6.07, 6.45) is 2.67. The number of hydrogen-bond donors (Lipinski definition) is 4. The third kappa shape index (κ3) is 9.17. The lowest BCUT2D eigenvalue weighted by Crippen LogP contribution is -2.47. The van der Waals surface area contributed by atoms with Crippen molar-refractivity contribution in [2.45, 2.75) is 84.0 Å². The maximum atomic E-state index is 13.5. The van der Waals surface area contributed by atoms with Crippen molar-refractivity contribution < 1.29 is 23.6 Å². The molecule has 4 amide bonds. The lowest BCUT2D eigenvalue weighted by Gasteiger charge is -2.26. The fraction of sp³-hybridized carbons (Fsp3) is 0.515. The van der Waals surface area contributed by atoms with Crippen molar-refractivity contribution in [3.8, 4) is 0 Å². The second kappa shape index (κ2) is 16.3. The van der Waals surface area contributed by atoms with E-state index in [0.717, 1.165) is 18.4 Å². The van der Waals surface area contributed by atoms with Gasteiger partial charge in [-0.3, -0.25) is 19.2 Å². The molecule has 0 aliphatic carbocycles. The molecular formula is C33H44ClN7O5S. The fourth-order valence-corrected chi connectivity index (χ4v) is 6.87. The number of carbonyl (C=O) groups is 4. The normalized spacial score (nSPS) is 23.0. The summed E-state index contributed by atoms with van der Waals surface area (Å²) in [5.74, 6) is -0.499. The van der Waals surface area contributed by atoms with Crippen LogP contribution in [0.5, 0.6) is 0 Å². The molecular weight excluding hydrogens is 642 g/mol. The van der Waals surface area contributed by atoms with Crippen LogP contribution in [0.1, 0.15) is 102 Å². The predicted molar refractivity (Wildman–Crippen MR) is 180 cm³/mol. The number of halogens is 1. The zero-order chi connectivity index (χ0) is 32.8. The van der Waals surface area contributed by atoms with Crippen molar-refractivity contribution in [3.63, 3.8) is 0 Å². The van der Waals surface area contributed by atoms with Gasteiger partial charge in [0.25, 0.3) is 11.8 Å². The van der Waals surface area contributed by atoms with Gasteiger partial charge in [-0.2, -0.15) is 0 Å². The van der Waals surface area contributed by atoms with E-state index in [4.69, 9.17) is 4.42 Å². The Morgan fingerprint density at radius 3 is 2.53 bits per heavy atom. The molecule has 0 radical (unpaired) electrons. The molecule has 4 heterocycles. The Hall–Kier alpha value is -3.81. The Kier molecular flexibility index (Phi) is 12.5. The summed E-state index contributed by atoms with van der Waals surface area (Å²) in [6.45, 7) is 8.55.